The monoisotopic (exact) mass is 332 g/mol. The average Bonchev–Trinajstić information content (AvgIpc) is 2.55. The Morgan fingerprint density at radius 3 is 1.25 bits per heavy atom. The highest BCUT2D eigenvalue weighted by atomic mass is 14.5. The van der Waals surface area contributed by atoms with E-state index in [1.165, 1.54) is 83.5 Å². The van der Waals surface area contributed by atoms with Gasteiger partial charge in [-0.1, -0.05) is 53.9 Å². The Balaban J connectivity index is 1.78. The highest BCUT2D eigenvalue weighted by Crippen LogP contribution is 2.59. The molecular formula is C24H44. The fourth-order valence-electron chi connectivity index (χ4n) is 6.77. The minimum Gasteiger partial charge on any atom is -0.0599 e. The molecule has 24 heavy (non-hydrogen) atoms. The summed E-state index contributed by atoms with van der Waals surface area (Å²) in [6, 6.07) is 0. The fourth-order valence-corrected chi connectivity index (χ4v) is 6.77. The zero-order chi connectivity index (χ0) is 17.4. The van der Waals surface area contributed by atoms with Gasteiger partial charge in [-0.05, 0) is 98.2 Å². The van der Waals surface area contributed by atoms with Crippen LogP contribution in [0, 0.1) is 34.0 Å². The van der Waals surface area contributed by atoms with Crippen LogP contribution in [0.1, 0.15) is 118 Å². The molecule has 0 aromatic heterocycles. The van der Waals surface area contributed by atoms with E-state index in [9.17, 15) is 0 Å². The molecule has 0 heterocycles. The summed E-state index contributed by atoms with van der Waals surface area (Å²) in [5.74, 6) is 3.06. The zero-order valence-corrected chi connectivity index (χ0v) is 17.4. The van der Waals surface area contributed by atoms with E-state index in [1.807, 2.05) is 0 Å². The highest BCUT2D eigenvalue weighted by Gasteiger charge is 2.49. The normalized spacial score (nSPS) is 30.4. The van der Waals surface area contributed by atoms with Crippen LogP contribution >= 0.6 is 0 Å². The van der Waals surface area contributed by atoms with Crippen LogP contribution in [0.15, 0.2) is 0 Å². The fraction of sp³-hybridized carbons (Fsp3) is 1.00. The maximum absolute atomic E-state index is 2.77. The SMILES string of the molecule is CC1(C)CCC(C(C)(C2CCCCC2)C2CCC(C)(C)CC2)CC1. The van der Waals surface area contributed by atoms with E-state index in [-0.39, 0.29) is 0 Å². The van der Waals surface area contributed by atoms with Gasteiger partial charge in [0.05, 0.1) is 0 Å². The lowest BCUT2D eigenvalue weighted by Gasteiger charge is -2.55. The maximum atomic E-state index is 2.77. The Hall–Kier alpha value is 0. The predicted octanol–water partition coefficient (Wildman–Crippen LogP) is 8.01. The van der Waals surface area contributed by atoms with Gasteiger partial charge in [0.15, 0.2) is 0 Å². The minimum absolute atomic E-state index is 0.610. The van der Waals surface area contributed by atoms with Crippen molar-refractivity contribution in [1.29, 1.82) is 0 Å². The van der Waals surface area contributed by atoms with E-state index >= 15 is 0 Å². The van der Waals surface area contributed by atoms with E-state index in [1.54, 1.807) is 0 Å². The van der Waals surface area contributed by atoms with Crippen LogP contribution in [0.5, 0.6) is 0 Å². The molecule has 0 N–H and O–H groups in total. The molecular weight excluding hydrogens is 288 g/mol. The molecule has 3 aliphatic carbocycles. The van der Waals surface area contributed by atoms with E-state index in [0.29, 0.717) is 16.2 Å². The summed E-state index contributed by atoms with van der Waals surface area (Å²) < 4.78 is 0. The van der Waals surface area contributed by atoms with Gasteiger partial charge < -0.3 is 0 Å². The van der Waals surface area contributed by atoms with E-state index < -0.39 is 0 Å². The van der Waals surface area contributed by atoms with Crippen molar-refractivity contribution in [1.82, 2.24) is 0 Å². The molecule has 3 saturated carbocycles. The smallest absolute Gasteiger partial charge is 0.0241 e. The molecule has 0 radical (unpaired) electrons. The first kappa shape index (κ1) is 18.8. The molecule has 0 saturated heterocycles. The van der Waals surface area contributed by atoms with Crippen molar-refractivity contribution < 1.29 is 0 Å². The topological polar surface area (TPSA) is 0 Å². The third-order valence-corrected chi connectivity index (χ3v) is 8.92. The molecule has 0 unspecified atom stereocenters. The number of rotatable bonds is 3. The van der Waals surface area contributed by atoms with E-state index in [0.717, 1.165) is 17.8 Å². The molecule has 0 aromatic carbocycles. The van der Waals surface area contributed by atoms with Gasteiger partial charge in [-0.2, -0.15) is 0 Å². The van der Waals surface area contributed by atoms with Crippen LogP contribution in [0.25, 0.3) is 0 Å². The Morgan fingerprint density at radius 1 is 0.542 bits per heavy atom. The van der Waals surface area contributed by atoms with Gasteiger partial charge in [0, 0.05) is 0 Å². The standard InChI is InChI=1S/C24H44/c1-22(2)15-11-20(12-16-22)24(5,19-9-7-6-8-10-19)21-13-17-23(3,4)18-14-21/h19-21H,6-18H2,1-5H3. The van der Waals surface area contributed by atoms with Crippen molar-refractivity contribution in [3.05, 3.63) is 0 Å². The number of hydrogen-bond donors (Lipinski definition) is 0. The van der Waals surface area contributed by atoms with Crippen LogP contribution in [-0.4, -0.2) is 0 Å². The second-order valence-electron chi connectivity index (χ2n) is 11.6. The lowest BCUT2D eigenvalue weighted by atomic mass is 9.50. The largest absolute Gasteiger partial charge is 0.0599 e. The van der Waals surface area contributed by atoms with Gasteiger partial charge in [-0.3, -0.25) is 0 Å². The maximum Gasteiger partial charge on any atom is -0.0241 e. The lowest BCUT2D eigenvalue weighted by molar-refractivity contribution is -0.0548. The molecule has 3 aliphatic rings. The lowest BCUT2D eigenvalue weighted by Crippen LogP contribution is -2.46. The zero-order valence-electron chi connectivity index (χ0n) is 17.4. The van der Waals surface area contributed by atoms with Crippen LogP contribution in [-0.2, 0) is 0 Å². The summed E-state index contributed by atoms with van der Waals surface area (Å²) in [4.78, 5) is 0. The summed E-state index contributed by atoms with van der Waals surface area (Å²) >= 11 is 0. The van der Waals surface area contributed by atoms with Crippen molar-refractivity contribution in [2.24, 2.45) is 34.0 Å². The second-order valence-corrected chi connectivity index (χ2v) is 11.6. The third kappa shape index (κ3) is 3.88. The van der Waals surface area contributed by atoms with Gasteiger partial charge >= 0.3 is 0 Å². The first-order valence-electron chi connectivity index (χ1n) is 11.2. The molecule has 0 atom stereocenters. The summed E-state index contributed by atoms with van der Waals surface area (Å²) in [6.45, 7) is 12.8. The summed E-state index contributed by atoms with van der Waals surface area (Å²) in [5.41, 5.74) is 1.87. The highest BCUT2D eigenvalue weighted by molar-refractivity contribution is 4.99. The molecule has 140 valence electrons. The summed E-state index contributed by atoms with van der Waals surface area (Å²) in [5, 5.41) is 0. The van der Waals surface area contributed by atoms with E-state index in [2.05, 4.69) is 34.6 Å². The molecule has 3 rings (SSSR count). The molecule has 3 fully saturated rings. The van der Waals surface area contributed by atoms with Crippen LogP contribution in [0.3, 0.4) is 0 Å². The van der Waals surface area contributed by atoms with Crippen LogP contribution in [0.2, 0.25) is 0 Å². The molecule has 0 amide bonds. The molecule has 0 aliphatic heterocycles. The third-order valence-electron chi connectivity index (χ3n) is 8.92. The van der Waals surface area contributed by atoms with Gasteiger partial charge in [-0.25, -0.2) is 0 Å². The van der Waals surface area contributed by atoms with Gasteiger partial charge in [0.2, 0.25) is 0 Å². The van der Waals surface area contributed by atoms with E-state index in [4.69, 9.17) is 0 Å². The predicted molar refractivity (Wildman–Crippen MR) is 106 cm³/mol. The Kier molecular flexibility index (Phi) is 5.44. The molecule has 0 spiro atoms. The molecule has 0 bridgehead atoms. The van der Waals surface area contributed by atoms with Gasteiger partial charge in [-0.15, -0.1) is 0 Å². The molecule has 0 heteroatoms. The quantitative estimate of drug-likeness (QED) is 0.491. The Bertz CT molecular complexity index is 362. The first-order chi connectivity index (χ1) is 11.2. The van der Waals surface area contributed by atoms with Crippen molar-refractivity contribution >= 4 is 0 Å². The van der Waals surface area contributed by atoms with Crippen LogP contribution < -0.4 is 0 Å². The van der Waals surface area contributed by atoms with Crippen molar-refractivity contribution in [2.45, 2.75) is 118 Å². The van der Waals surface area contributed by atoms with Crippen molar-refractivity contribution in [3.63, 3.8) is 0 Å². The Labute approximate surface area is 152 Å². The Morgan fingerprint density at radius 2 is 0.875 bits per heavy atom. The second kappa shape index (κ2) is 6.96. The van der Waals surface area contributed by atoms with Crippen LogP contribution in [0.4, 0.5) is 0 Å². The van der Waals surface area contributed by atoms with Gasteiger partial charge in [0.25, 0.3) is 0 Å². The van der Waals surface area contributed by atoms with Crippen molar-refractivity contribution in [3.8, 4) is 0 Å². The average molecular weight is 333 g/mol. The van der Waals surface area contributed by atoms with Gasteiger partial charge in [0.1, 0.15) is 0 Å². The first-order valence-corrected chi connectivity index (χ1v) is 11.2. The summed E-state index contributed by atoms with van der Waals surface area (Å²) in [6.07, 6.45) is 19.5. The summed E-state index contributed by atoms with van der Waals surface area (Å²) in [7, 11) is 0. The molecule has 0 aromatic rings. The minimum atomic E-state index is 0.610. The number of hydrogen-bond acceptors (Lipinski definition) is 0. The van der Waals surface area contributed by atoms with Crippen molar-refractivity contribution in [2.75, 3.05) is 0 Å². The molecule has 0 nitrogen and oxygen atoms in total.